The maximum Gasteiger partial charge on any atom is 0.325 e. The molecule has 0 saturated carbocycles. The summed E-state index contributed by atoms with van der Waals surface area (Å²) in [4.78, 5) is 56.0. The van der Waals surface area contributed by atoms with Crippen molar-refractivity contribution in [2.24, 2.45) is 5.92 Å². The third-order valence-corrected chi connectivity index (χ3v) is 7.53. The summed E-state index contributed by atoms with van der Waals surface area (Å²) >= 11 is 0. The van der Waals surface area contributed by atoms with E-state index in [1.807, 2.05) is 51.1 Å². The van der Waals surface area contributed by atoms with Gasteiger partial charge in [-0.2, -0.15) is 0 Å². The number of nitrogens with one attached hydrogen (secondary N) is 3. The van der Waals surface area contributed by atoms with E-state index in [0.717, 1.165) is 34.9 Å². The minimum absolute atomic E-state index is 0.169. The van der Waals surface area contributed by atoms with E-state index < -0.39 is 36.1 Å². The molecular formula is C33H45N5O5. The number of hydrogen-bond donors (Lipinski definition) is 3. The Morgan fingerprint density at radius 2 is 1.86 bits per heavy atom. The van der Waals surface area contributed by atoms with Gasteiger partial charge >= 0.3 is 5.97 Å². The molecule has 3 amide bonds. The molecule has 0 spiro atoms. The van der Waals surface area contributed by atoms with Gasteiger partial charge in [0.05, 0.1) is 5.69 Å². The van der Waals surface area contributed by atoms with Crippen molar-refractivity contribution >= 4 is 40.5 Å². The second kappa shape index (κ2) is 16.0. The van der Waals surface area contributed by atoms with Gasteiger partial charge in [0.15, 0.2) is 0 Å². The number of aromatic nitrogens is 1. The largest absolute Gasteiger partial charge is 0.457 e. The molecule has 1 saturated heterocycles. The van der Waals surface area contributed by atoms with Gasteiger partial charge in [-0.25, -0.2) is 5.43 Å². The molecule has 3 N–H and O–H groups in total. The molecule has 0 bridgehead atoms. The Morgan fingerprint density at radius 1 is 1.09 bits per heavy atom. The average Bonchev–Trinajstić information content (AvgIpc) is 3.00. The number of ether oxygens (including phenoxy) is 1. The van der Waals surface area contributed by atoms with Gasteiger partial charge in [0.25, 0.3) is 5.91 Å². The molecule has 43 heavy (non-hydrogen) atoms. The van der Waals surface area contributed by atoms with Crippen LogP contribution in [0.5, 0.6) is 0 Å². The first kappa shape index (κ1) is 33.5. The quantitative estimate of drug-likeness (QED) is 0.169. The standard InChI is InChI=1S/C33H45N5O5/c1-7-9-10-11-14-29(39)36-30(21(3)4)31(40)35-22(5)32(41)38-17-12-13-28(37-38)33(42)43-23(6)24-15-16-25-20-34-27(8-2)19-26(25)18-24/h7-8,15-16,18-23,28,30,37H,1-2,9-14,17H2,3-6H3,(H,35,40)(H,36,39)/t22-,23+,28-,30-/m0/s1. The molecule has 10 heteroatoms. The Balaban J connectivity index is 1.55. The van der Waals surface area contributed by atoms with Crippen LogP contribution in [0.1, 0.15) is 83.6 Å². The van der Waals surface area contributed by atoms with Gasteiger partial charge < -0.3 is 15.4 Å². The molecule has 2 aromatic rings. The number of rotatable bonds is 14. The van der Waals surface area contributed by atoms with Gasteiger partial charge in [0.1, 0.15) is 24.2 Å². The van der Waals surface area contributed by atoms with Crippen LogP contribution in [0.4, 0.5) is 0 Å². The molecule has 3 rings (SSSR count). The first-order chi connectivity index (χ1) is 20.5. The molecule has 1 fully saturated rings. The van der Waals surface area contributed by atoms with Crippen molar-refractivity contribution < 1.29 is 23.9 Å². The normalized spacial score (nSPS) is 17.0. The van der Waals surface area contributed by atoms with E-state index in [9.17, 15) is 19.2 Å². The number of unbranched alkanes of at least 4 members (excludes halogenated alkanes) is 2. The minimum Gasteiger partial charge on any atom is -0.457 e. The SMILES string of the molecule is C=CCCCCC(=O)N[C@H](C(=O)N[C@@H](C)C(=O)N1CCC[C@@H](C(=O)O[C@H](C)c2ccc3cnc(C=C)cc3c2)N1)C(C)C. The molecule has 0 radical (unpaired) electrons. The van der Waals surface area contributed by atoms with Crippen molar-refractivity contribution in [3.8, 4) is 0 Å². The number of benzene rings is 1. The maximum absolute atomic E-state index is 13.2. The highest BCUT2D eigenvalue weighted by Gasteiger charge is 2.33. The summed E-state index contributed by atoms with van der Waals surface area (Å²) < 4.78 is 5.78. The van der Waals surface area contributed by atoms with Crippen LogP contribution in [-0.4, -0.2) is 58.4 Å². The van der Waals surface area contributed by atoms with E-state index in [0.29, 0.717) is 32.2 Å². The Hall–Kier alpha value is -4.05. The lowest BCUT2D eigenvalue weighted by atomic mass is 10.0. The number of allylic oxidation sites excluding steroid dienone is 1. The van der Waals surface area contributed by atoms with Gasteiger partial charge in [0, 0.05) is 24.5 Å². The topological polar surface area (TPSA) is 130 Å². The number of esters is 1. The molecule has 1 aliphatic heterocycles. The minimum atomic E-state index is -0.869. The summed E-state index contributed by atoms with van der Waals surface area (Å²) in [7, 11) is 0. The zero-order chi connectivity index (χ0) is 31.5. The number of fused-ring (bicyclic) bond motifs is 1. The van der Waals surface area contributed by atoms with Crippen molar-refractivity contribution in [3.05, 3.63) is 61.0 Å². The molecule has 232 valence electrons. The highest BCUT2D eigenvalue weighted by atomic mass is 16.5. The zero-order valence-corrected chi connectivity index (χ0v) is 25.7. The number of amides is 3. The van der Waals surface area contributed by atoms with E-state index in [4.69, 9.17) is 4.74 Å². The average molecular weight is 592 g/mol. The number of carbonyl (C=O) groups excluding carboxylic acids is 4. The Labute approximate surface area is 254 Å². The van der Waals surface area contributed by atoms with Crippen LogP contribution in [0.3, 0.4) is 0 Å². The lowest BCUT2D eigenvalue weighted by Gasteiger charge is -2.35. The molecular weight excluding hydrogens is 546 g/mol. The summed E-state index contributed by atoms with van der Waals surface area (Å²) in [6, 6.07) is 5.39. The number of nitrogens with zero attached hydrogens (tertiary/aromatic N) is 2. The molecule has 2 heterocycles. The number of carbonyl (C=O) groups is 4. The summed E-state index contributed by atoms with van der Waals surface area (Å²) in [5.74, 6) is -1.63. The van der Waals surface area contributed by atoms with Crippen LogP contribution in [0.15, 0.2) is 49.7 Å². The van der Waals surface area contributed by atoms with E-state index in [1.165, 1.54) is 5.01 Å². The van der Waals surface area contributed by atoms with Crippen molar-refractivity contribution in [1.29, 1.82) is 0 Å². The summed E-state index contributed by atoms with van der Waals surface area (Å²) in [6.45, 7) is 14.9. The first-order valence-corrected chi connectivity index (χ1v) is 15.0. The van der Waals surface area contributed by atoms with Gasteiger partial charge in [-0.15, -0.1) is 6.58 Å². The lowest BCUT2D eigenvalue weighted by Crippen LogP contribution is -2.61. The summed E-state index contributed by atoms with van der Waals surface area (Å²) in [5.41, 5.74) is 4.59. The third kappa shape index (κ3) is 9.47. The van der Waals surface area contributed by atoms with Crippen LogP contribution in [-0.2, 0) is 23.9 Å². The fourth-order valence-electron chi connectivity index (χ4n) is 4.93. The Bertz CT molecular complexity index is 1330. The predicted octanol–water partition coefficient (Wildman–Crippen LogP) is 4.37. The molecule has 1 aromatic carbocycles. The molecule has 10 nitrogen and oxygen atoms in total. The molecule has 1 aromatic heterocycles. The van der Waals surface area contributed by atoms with Gasteiger partial charge in [-0.3, -0.25) is 29.2 Å². The third-order valence-electron chi connectivity index (χ3n) is 7.53. The highest BCUT2D eigenvalue weighted by Crippen LogP contribution is 2.24. The smallest absolute Gasteiger partial charge is 0.325 e. The lowest BCUT2D eigenvalue weighted by molar-refractivity contribution is -0.157. The monoisotopic (exact) mass is 591 g/mol. The molecule has 1 aliphatic rings. The fourth-order valence-corrected chi connectivity index (χ4v) is 4.93. The Kier molecular flexibility index (Phi) is 12.4. The predicted molar refractivity (Wildman–Crippen MR) is 167 cm³/mol. The number of hydrogen-bond acceptors (Lipinski definition) is 7. The van der Waals surface area contributed by atoms with Gasteiger partial charge in [-0.1, -0.05) is 38.6 Å². The fraction of sp³-hybridized carbons (Fsp3) is 0.485. The van der Waals surface area contributed by atoms with Crippen LogP contribution in [0.2, 0.25) is 0 Å². The maximum atomic E-state index is 13.2. The second-order valence-electron chi connectivity index (χ2n) is 11.4. The number of hydrazine groups is 1. The van der Waals surface area contributed by atoms with Crippen LogP contribution in [0, 0.1) is 5.92 Å². The zero-order valence-electron chi connectivity index (χ0n) is 25.7. The summed E-state index contributed by atoms with van der Waals surface area (Å²) in [5, 5.41) is 8.84. The van der Waals surface area contributed by atoms with E-state index in [1.54, 1.807) is 19.2 Å². The van der Waals surface area contributed by atoms with E-state index >= 15 is 0 Å². The molecule has 0 unspecified atom stereocenters. The first-order valence-electron chi connectivity index (χ1n) is 15.0. The van der Waals surface area contributed by atoms with Crippen LogP contribution >= 0.6 is 0 Å². The van der Waals surface area contributed by atoms with E-state index in [2.05, 4.69) is 34.2 Å². The van der Waals surface area contributed by atoms with E-state index in [-0.39, 0.29) is 17.7 Å². The van der Waals surface area contributed by atoms with Gasteiger partial charge in [-0.05, 0) is 81.0 Å². The van der Waals surface area contributed by atoms with Crippen LogP contribution < -0.4 is 16.1 Å². The number of pyridine rings is 1. The molecule has 0 aliphatic carbocycles. The second-order valence-corrected chi connectivity index (χ2v) is 11.4. The highest BCUT2D eigenvalue weighted by molar-refractivity contribution is 5.92. The van der Waals surface area contributed by atoms with Crippen molar-refractivity contribution in [2.45, 2.75) is 90.4 Å². The molecule has 4 atom stereocenters. The van der Waals surface area contributed by atoms with Crippen molar-refractivity contribution in [1.82, 2.24) is 26.1 Å². The summed E-state index contributed by atoms with van der Waals surface area (Å²) in [6.07, 6.45) is 8.59. The van der Waals surface area contributed by atoms with Crippen molar-refractivity contribution in [2.75, 3.05) is 6.54 Å². The Morgan fingerprint density at radius 3 is 2.56 bits per heavy atom. The van der Waals surface area contributed by atoms with Crippen molar-refractivity contribution in [3.63, 3.8) is 0 Å². The van der Waals surface area contributed by atoms with Gasteiger partial charge in [0.2, 0.25) is 11.8 Å². The van der Waals surface area contributed by atoms with Crippen LogP contribution in [0.25, 0.3) is 16.8 Å².